The van der Waals surface area contributed by atoms with Crippen molar-refractivity contribution in [2.75, 3.05) is 57.0 Å². The van der Waals surface area contributed by atoms with Gasteiger partial charge in [-0.2, -0.15) is 0 Å². The largest absolute Gasteiger partial charge is 0.363 e. The number of hydrogen-bond donors (Lipinski definition) is 1. The van der Waals surface area contributed by atoms with Gasteiger partial charge in [-0.05, 0) is 37.1 Å². The van der Waals surface area contributed by atoms with Crippen molar-refractivity contribution in [3.63, 3.8) is 0 Å². The van der Waals surface area contributed by atoms with Crippen molar-refractivity contribution in [1.82, 2.24) is 14.8 Å². The van der Waals surface area contributed by atoms with Crippen LogP contribution in [0.4, 0.5) is 11.5 Å². The number of para-hydroxylation sites is 1. The van der Waals surface area contributed by atoms with Gasteiger partial charge in [0.15, 0.2) is 0 Å². The Balaban J connectivity index is 1.51. The van der Waals surface area contributed by atoms with E-state index in [2.05, 4.69) is 15.2 Å². The zero-order chi connectivity index (χ0) is 21.0. The summed E-state index contributed by atoms with van der Waals surface area (Å²) in [6.07, 6.45) is 1.63. The van der Waals surface area contributed by atoms with Crippen molar-refractivity contribution in [1.29, 1.82) is 0 Å². The number of carbonyl (C=O) groups excluding carboxylic acids is 2. The number of piperazine rings is 1. The van der Waals surface area contributed by atoms with Crippen LogP contribution in [-0.4, -0.2) is 73.4 Å². The Labute approximate surface area is 172 Å². The van der Waals surface area contributed by atoms with Gasteiger partial charge in [-0.3, -0.25) is 14.5 Å². The summed E-state index contributed by atoms with van der Waals surface area (Å²) in [6.45, 7) is 6.87. The number of nitrogens with one attached hydrogen (secondary N) is 1. The van der Waals surface area contributed by atoms with Crippen molar-refractivity contribution < 1.29 is 9.59 Å². The fourth-order valence-electron chi connectivity index (χ4n) is 3.46. The van der Waals surface area contributed by atoms with Gasteiger partial charge in [0.1, 0.15) is 5.82 Å². The maximum absolute atomic E-state index is 12.7. The molecular formula is C22H29N5O2. The van der Waals surface area contributed by atoms with E-state index in [0.29, 0.717) is 38.3 Å². The molecule has 154 valence electrons. The Bertz CT molecular complexity index is 851. The highest BCUT2D eigenvalue weighted by molar-refractivity contribution is 5.95. The molecule has 0 bridgehead atoms. The molecule has 1 aromatic heterocycles. The molecule has 2 heterocycles. The van der Waals surface area contributed by atoms with Gasteiger partial charge >= 0.3 is 0 Å². The topological polar surface area (TPSA) is 68.8 Å². The lowest BCUT2D eigenvalue weighted by Gasteiger charge is -2.34. The van der Waals surface area contributed by atoms with Gasteiger partial charge in [0.2, 0.25) is 5.91 Å². The summed E-state index contributed by atoms with van der Waals surface area (Å²) >= 11 is 0. The lowest BCUT2D eigenvalue weighted by atomic mass is 10.1. The first kappa shape index (κ1) is 20.8. The molecule has 0 saturated carbocycles. The first-order valence-corrected chi connectivity index (χ1v) is 9.86. The third-order valence-corrected chi connectivity index (χ3v) is 5.23. The summed E-state index contributed by atoms with van der Waals surface area (Å²) in [6, 6.07) is 9.64. The lowest BCUT2D eigenvalue weighted by molar-refractivity contribution is -0.117. The minimum Gasteiger partial charge on any atom is -0.363 e. The van der Waals surface area contributed by atoms with Crippen LogP contribution >= 0.6 is 0 Å². The molecule has 7 nitrogen and oxygen atoms in total. The summed E-state index contributed by atoms with van der Waals surface area (Å²) in [5.41, 5.74) is 3.60. The number of aromatic nitrogens is 1. The highest BCUT2D eigenvalue weighted by Gasteiger charge is 2.23. The van der Waals surface area contributed by atoms with Crippen LogP contribution in [0.1, 0.15) is 21.5 Å². The minimum absolute atomic E-state index is 0.0116. The van der Waals surface area contributed by atoms with Crippen LogP contribution in [0.3, 0.4) is 0 Å². The molecule has 1 aliphatic heterocycles. The van der Waals surface area contributed by atoms with Crippen molar-refractivity contribution >= 4 is 23.3 Å². The molecule has 3 rings (SSSR count). The number of aryl methyl sites for hydroxylation is 2. The van der Waals surface area contributed by atoms with E-state index in [-0.39, 0.29) is 11.8 Å². The van der Waals surface area contributed by atoms with E-state index < -0.39 is 0 Å². The molecule has 0 atom stereocenters. The maximum atomic E-state index is 12.7. The van der Waals surface area contributed by atoms with Crippen LogP contribution < -0.4 is 10.2 Å². The Hall–Kier alpha value is -2.93. The zero-order valence-electron chi connectivity index (χ0n) is 17.6. The summed E-state index contributed by atoms with van der Waals surface area (Å²) < 4.78 is 0. The van der Waals surface area contributed by atoms with Crippen molar-refractivity contribution in [2.45, 2.75) is 13.8 Å². The molecular weight excluding hydrogens is 366 g/mol. The lowest BCUT2D eigenvalue weighted by Crippen LogP contribution is -2.50. The van der Waals surface area contributed by atoms with Crippen LogP contribution in [0.25, 0.3) is 0 Å². The quantitative estimate of drug-likeness (QED) is 0.840. The van der Waals surface area contributed by atoms with Crippen molar-refractivity contribution in [2.24, 2.45) is 0 Å². The number of rotatable bonds is 5. The Morgan fingerprint density at radius 3 is 2.24 bits per heavy atom. The van der Waals surface area contributed by atoms with Crippen molar-refractivity contribution in [3.8, 4) is 0 Å². The Morgan fingerprint density at radius 1 is 1.03 bits per heavy atom. The molecule has 1 aliphatic rings. The second-order valence-corrected chi connectivity index (χ2v) is 7.68. The zero-order valence-corrected chi connectivity index (χ0v) is 17.6. The molecule has 1 saturated heterocycles. The third-order valence-electron chi connectivity index (χ3n) is 5.23. The van der Waals surface area contributed by atoms with Crippen LogP contribution in [0.2, 0.25) is 0 Å². The SMILES string of the molecule is Cc1cccc(C)c1NC(=O)CN1CCN(C(=O)c2ccc(N(C)C)nc2)CC1. The number of hydrogen-bond acceptors (Lipinski definition) is 5. The van der Waals surface area contributed by atoms with Crippen LogP contribution in [0, 0.1) is 13.8 Å². The predicted molar refractivity (Wildman–Crippen MR) is 115 cm³/mol. The second-order valence-electron chi connectivity index (χ2n) is 7.68. The number of pyridine rings is 1. The third kappa shape index (κ3) is 5.12. The molecule has 0 aliphatic carbocycles. The average Bonchev–Trinajstić information content (AvgIpc) is 2.71. The molecule has 2 aromatic rings. The number of nitrogens with zero attached hydrogens (tertiary/aromatic N) is 4. The predicted octanol–water partition coefficient (Wildman–Crippen LogP) is 2.16. The van der Waals surface area contributed by atoms with E-state index >= 15 is 0 Å². The molecule has 0 radical (unpaired) electrons. The van der Waals surface area contributed by atoms with Gasteiger partial charge in [-0.15, -0.1) is 0 Å². The fraction of sp³-hybridized carbons (Fsp3) is 0.409. The van der Waals surface area contributed by atoms with Crippen LogP contribution in [-0.2, 0) is 4.79 Å². The molecule has 7 heteroatoms. The van der Waals surface area contributed by atoms with Gasteiger partial charge < -0.3 is 15.1 Å². The highest BCUT2D eigenvalue weighted by Crippen LogP contribution is 2.19. The molecule has 1 N–H and O–H groups in total. The van der Waals surface area contributed by atoms with Gasteiger partial charge in [0.05, 0.1) is 12.1 Å². The number of benzene rings is 1. The number of carbonyl (C=O) groups is 2. The van der Waals surface area contributed by atoms with Gasteiger partial charge in [0, 0.05) is 52.2 Å². The van der Waals surface area contributed by atoms with Crippen LogP contribution in [0.15, 0.2) is 36.5 Å². The van der Waals surface area contributed by atoms with E-state index in [1.165, 1.54) is 0 Å². The number of amides is 2. The van der Waals surface area contributed by atoms with E-state index in [0.717, 1.165) is 22.6 Å². The van der Waals surface area contributed by atoms with Gasteiger partial charge in [-0.25, -0.2) is 4.98 Å². The first-order chi connectivity index (χ1) is 13.8. The Morgan fingerprint density at radius 2 is 1.69 bits per heavy atom. The Kier molecular flexibility index (Phi) is 6.49. The molecule has 0 spiro atoms. The average molecular weight is 396 g/mol. The molecule has 2 amide bonds. The van der Waals surface area contributed by atoms with E-state index in [1.807, 2.05) is 68.1 Å². The minimum atomic E-state index is -0.0225. The highest BCUT2D eigenvalue weighted by atomic mass is 16.2. The van der Waals surface area contributed by atoms with E-state index in [9.17, 15) is 9.59 Å². The number of anilines is 2. The monoisotopic (exact) mass is 395 g/mol. The summed E-state index contributed by atoms with van der Waals surface area (Å²) in [5, 5.41) is 3.03. The summed E-state index contributed by atoms with van der Waals surface area (Å²) in [4.78, 5) is 35.3. The van der Waals surface area contributed by atoms with Gasteiger partial charge in [-0.1, -0.05) is 18.2 Å². The smallest absolute Gasteiger partial charge is 0.255 e. The summed E-state index contributed by atoms with van der Waals surface area (Å²) in [7, 11) is 3.83. The standard InChI is InChI=1S/C22H29N5O2/c1-16-6-5-7-17(2)21(16)24-20(28)15-26-10-12-27(13-11-26)22(29)18-8-9-19(23-14-18)25(3)4/h5-9,14H,10-13,15H2,1-4H3,(H,24,28). The van der Waals surface area contributed by atoms with Gasteiger partial charge in [0.25, 0.3) is 5.91 Å². The second kappa shape index (κ2) is 9.05. The summed E-state index contributed by atoms with van der Waals surface area (Å²) in [5.74, 6) is 0.786. The first-order valence-electron chi connectivity index (χ1n) is 9.86. The van der Waals surface area contributed by atoms with Crippen LogP contribution in [0.5, 0.6) is 0 Å². The molecule has 29 heavy (non-hydrogen) atoms. The van der Waals surface area contributed by atoms with E-state index in [4.69, 9.17) is 0 Å². The molecule has 1 fully saturated rings. The molecule has 1 aromatic carbocycles. The normalized spacial score (nSPS) is 14.6. The fourth-order valence-corrected chi connectivity index (χ4v) is 3.46. The maximum Gasteiger partial charge on any atom is 0.255 e. The van der Waals surface area contributed by atoms with E-state index in [1.54, 1.807) is 6.20 Å². The van der Waals surface area contributed by atoms with Crippen molar-refractivity contribution in [3.05, 3.63) is 53.2 Å². The molecule has 0 unspecified atom stereocenters.